The van der Waals surface area contributed by atoms with Crippen LogP contribution in [0.25, 0.3) is 0 Å². The Balaban J connectivity index is 2.24. The Kier molecular flexibility index (Phi) is 8.16. The van der Waals surface area contributed by atoms with Crippen LogP contribution in [0.1, 0.15) is 44.2 Å². The summed E-state index contributed by atoms with van der Waals surface area (Å²) in [6, 6.07) is 5.44. The van der Waals surface area contributed by atoms with Gasteiger partial charge < -0.3 is 23.4 Å². The first-order valence-corrected chi connectivity index (χ1v) is 13.0. The average molecular weight is 451 g/mol. The van der Waals surface area contributed by atoms with E-state index in [-0.39, 0.29) is 6.29 Å². The summed E-state index contributed by atoms with van der Waals surface area (Å²) in [6.07, 6.45) is -0.550. The average Bonchev–Trinajstić information content (AvgIpc) is 2.92. The number of amides is 1. The number of hydrogen-bond donors (Lipinski definition) is 3. The highest BCUT2D eigenvalue weighted by atomic mass is 32.5. The molecule has 1 aromatic rings. The fraction of sp³-hybridized carbons (Fsp3) is 0.588. The SMILES string of the molecule is CCOP(=S)(CN[S+]([O-])C(NC(=O)O)c1cccc2c1OC(C)(C)C2)OCC. The number of hydrogen-bond acceptors (Lipinski definition) is 7. The topological polar surface area (TPSA) is 112 Å². The molecule has 158 valence electrons. The van der Waals surface area contributed by atoms with Crippen molar-refractivity contribution in [3.05, 3.63) is 29.3 Å². The van der Waals surface area contributed by atoms with E-state index in [1.807, 2.05) is 19.9 Å². The van der Waals surface area contributed by atoms with E-state index in [0.29, 0.717) is 30.9 Å². The molecule has 8 nitrogen and oxygen atoms in total. The minimum Gasteiger partial charge on any atom is -0.596 e. The molecule has 1 aliphatic heterocycles. The van der Waals surface area contributed by atoms with Crippen molar-refractivity contribution in [3.8, 4) is 5.75 Å². The van der Waals surface area contributed by atoms with Gasteiger partial charge in [-0.15, -0.1) is 4.72 Å². The van der Waals surface area contributed by atoms with E-state index in [2.05, 4.69) is 10.0 Å². The van der Waals surface area contributed by atoms with Crippen LogP contribution in [0.5, 0.6) is 5.75 Å². The Bertz CT molecular complexity index is 738. The first-order valence-electron chi connectivity index (χ1n) is 8.93. The van der Waals surface area contributed by atoms with Gasteiger partial charge in [-0.1, -0.05) is 12.1 Å². The molecule has 1 aromatic carbocycles. The van der Waals surface area contributed by atoms with Gasteiger partial charge in [-0.05, 0) is 51.1 Å². The van der Waals surface area contributed by atoms with E-state index in [9.17, 15) is 14.5 Å². The number of nitrogens with one attached hydrogen (secondary N) is 2. The molecule has 2 unspecified atom stereocenters. The third-order valence-electron chi connectivity index (χ3n) is 3.92. The molecular formula is C17H27N2O6PS2. The standard InChI is InChI=1S/C17H27N2O6PS2/c1-5-23-26(27,24-6-2)11-18-28(22)15(19-16(20)21)13-9-7-8-12-10-17(3,4)25-14(12)13/h7-9,15,18-19H,5-6,10-11H2,1-4H3,(H,20,21). The van der Waals surface area contributed by atoms with Crippen LogP contribution in [0.4, 0.5) is 4.79 Å². The molecule has 28 heavy (non-hydrogen) atoms. The first-order chi connectivity index (χ1) is 13.1. The van der Waals surface area contributed by atoms with E-state index in [4.69, 9.17) is 25.6 Å². The van der Waals surface area contributed by atoms with Gasteiger partial charge >= 0.3 is 6.09 Å². The molecule has 0 saturated heterocycles. The molecule has 0 saturated carbocycles. The van der Waals surface area contributed by atoms with Crippen molar-refractivity contribution in [2.75, 3.05) is 19.5 Å². The lowest BCUT2D eigenvalue weighted by molar-refractivity contribution is 0.137. The van der Waals surface area contributed by atoms with Crippen LogP contribution in [0.2, 0.25) is 0 Å². The van der Waals surface area contributed by atoms with Gasteiger partial charge in [-0.25, -0.2) is 4.79 Å². The lowest BCUT2D eigenvalue weighted by Gasteiger charge is -2.26. The van der Waals surface area contributed by atoms with E-state index < -0.39 is 34.9 Å². The summed E-state index contributed by atoms with van der Waals surface area (Å²) in [6.45, 7) is 5.60. The fourth-order valence-corrected chi connectivity index (χ4v) is 7.04. The van der Waals surface area contributed by atoms with Crippen molar-refractivity contribution >= 4 is 35.8 Å². The summed E-state index contributed by atoms with van der Waals surface area (Å²) in [5, 5.41) is 10.6. The van der Waals surface area contributed by atoms with Gasteiger partial charge in [0.05, 0.1) is 30.1 Å². The summed E-state index contributed by atoms with van der Waals surface area (Å²) >= 11 is 3.61. The van der Waals surface area contributed by atoms with E-state index in [0.717, 1.165) is 5.56 Å². The fourth-order valence-electron chi connectivity index (χ4n) is 2.95. The Morgan fingerprint density at radius 2 is 2.07 bits per heavy atom. The Morgan fingerprint density at radius 3 is 2.64 bits per heavy atom. The van der Waals surface area contributed by atoms with Crippen LogP contribution < -0.4 is 14.8 Å². The summed E-state index contributed by atoms with van der Waals surface area (Å²) < 4.78 is 32.8. The maximum Gasteiger partial charge on any atom is 0.408 e. The van der Waals surface area contributed by atoms with Crippen LogP contribution in [0.3, 0.4) is 0 Å². The molecule has 1 aliphatic rings. The van der Waals surface area contributed by atoms with Crippen LogP contribution in [-0.4, -0.2) is 40.9 Å². The largest absolute Gasteiger partial charge is 0.596 e. The molecule has 0 bridgehead atoms. The van der Waals surface area contributed by atoms with Gasteiger partial charge in [-0.3, -0.25) is 5.32 Å². The zero-order chi connectivity index (χ0) is 20.9. The van der Waals surface area contributed by atoms with Crippen molar-refractivity contribution in [1.82, 2.24) is 10.0 Å². The molecular weight excluding hydrogens is 423 g/mol. The highest BCUT2D eigenvalue weighted by Crippen LogP contribution is 2.48. The van der Waals surface area contributed by atoms with Crippen LogP contribution in [-0.2, 0) is 38.6 Å². The van der Waals surface area contributed by atoms with Crippen LogP contribution in [0, 0.1) is 0 Å². The lowest BCUT2D eigenvalue weighted by Crippen LogP contribution is -2.40. The second-order valence-corrected chi connectivity index (χ2v) is 11.8. The summed E-state index contributed by atoms with van der Waals surface area (Å²) in [5.41, 5.74) is 1.05. The quantitative estimate of drug-likeness (QED) is 0.368. The third-order valence-corrected chi connectivity index (χ3v) is 8.24. The minimum absolute atomic E-state index is 0.0514. The number of rotatable bonds is 10. The second-order valence-electron chi connectivity index (χ2n) is 6.75. The molecule has 0 aliphatic carbocycles. The number of ether oxygens (including phenoxy) is 1. The Hall–Kier alpha value is -0.870. The number of para-hydroxylation sites is 1. The predicted octanol–water partition coefficient (Wildman–Crippen LogP) is 3.26. The maximum atomic E-state index is 13.0. The summed E-state index contributed by atoms with van der Waals surface area (Å²) in [4.78, 5) is 11.3. The van der Waals surface area contributed by atoms with Crippen LogP contribution >= 0.6 is 6.49 Å². The Morgan fingerprint density at radius 1 is 1.43 bits per heavy atom. The second kappa shape index (κ2) is 9.75. The van der Waals surface area contributed by atoms with Crippen LogP contribution in [0.15, 0.2) is 18.2 Å². The predicted molar refractivity (Wildman–Crippen MR) is 112 cm³/mol. The monoisotopic (exact) mass is 450 g/mol. The van der Waals surface area contributed by atoms with Gasteiger partial charge in [0, 0.05) is 6.42 Å². The van der Waals surface area contributed by atoms with Crippen molar-refractivity contribution in [2.24, 2.45) is 0 Å². The smallest absolute Gasteiger partial charge is 0.408 e. The zero-order valence-electron chi connectivity index (χ0n) is 16.4. The van der Waals surface area contributed by atoms with E-state index >= 15 is 0 Å². The van der Waals surface area contributed by atoms with E-state index in [1.54, 1.807) is 26.0 Å². The number of carbonyl (C=O) groups is 1. The molecule has 0 spiro atoms. The molecule has 2 rings (SSSR count). The van der Waals surface area contributed by atoms with Gasteiger partial charge in [0.25, 0.3) is 0 Å². The molecule has 0 fully saturated rings. The molecule has 2 atom stereocenters. The summed E-state index contributed by atoms with van der Waals surface area (Å²) in [5.74, 6) is 0.565. The molecule has 0 aromatic heterocycles. The molecule has 1 amide bonds. The van der Waals surface area contributed by atoms with Crippen molar-refractivity contribution in [2.45, 2.75) is 45.1 Å². The van der Waals surface area contributed by atoms with Crippen molar-refractivity contribution in [3.63, 3.8) is 0 Å². The maximum absolute atomic E-state index is 13.0. The van der Waals surface area contributed by atoms with Gasteiger partial charge in [0.1, 0.15) is 17.6 Å². The van der Waals surface area contributed by atoms with Crippen molar-refractivity contribution in [1.29, 1.82) is 0 Å². The van der Waals surface area contributed by atoms with Gasteiger partial charge in [-0.2, -0.15) is 0 Å². The Labute approximate surface area is 173 Å². The highest BCUT2D eigenvalue weighted by Gasteiger charge is 2.38. The van der Waals surface area contributed by atoms with E-state index in [1.165, 1.54) is 0 Å². The number of fused-ring (bicyclic) bond motifs is 1. The van der Waals surface area contributed by atoms with Crippen molar-refractivity contribution < 1.29 is 28.2 Å². The zero-order valence-corrected chi connectivity index (χ0v) is 18.9. The molecule has 11 heteroatoms. The lowest BCUT2D eigenvalue weighted by atomic mass is 10.0. The third kappa shape index (κ3) is 6.06. The number of benzene rings is 1. The highest BCUT2D eigenvalue weighted by molar-refractivity contribution is 8.10. The van der Waals surface area contributed by atoms with Gasteiger partial charge in [0.2, 0.25) is 11.9 Å². The molecule has 1 heterocycles. The van der Waals surface area contributed by atoms with Gasteiger partial charge in [0.15, 0.2) is 0 Å². The molecule has 3 N–H and O–H groups in total. The molecule has 0 radical (unpaired) electrons. The summed E-state index contributed by atoms with van der Waals surface area (Å²) in [7, 11) is 0. The first kappa shape index (κ1) is 23.4. The minimum atomic E-state index is -2.65. The number of carboxylic acid groups (broad SMARTS) is 1. The normalized spacial score (nSPS) is 17.5.